The lowest BCUT2D eigenvalue weighted by Crippen LogP contribution is -2.37. The maximum atomic E-state index is 11.6. The largest absolute Gasteiger partial charge is 0.449 e. The van der Waals surface area contributed by atoms with Crippen LogP contribution in [0.4, 0.5) is 4.79 Å². The molecule has 2 unspecified atom stereocenters. The van der Waals surface area contributed by atoms with Gasteiger partial charge in [0.25, 0.3) is 0 Å². The first kappa shape index (κ1) is 20.9. The van der Waals surface area contributed by atoms with E-state index in [1.807, 2.05) is 37.4 Å². The topological polar surface area (TPSA) is 72.6 Å². The van der Waals surface area contributed by atoms with E-state index in [9.17, 15) is 9.90 Å². The van der Waals surface area contributed by atoms with Crippen LogP contribution in [-0.4, -0.2) is 24.1 Å². The second kappa shape index (κ2) is 9.00. The zero-order valence-electron chi connectivity index (χ0n) is 14.5. The number of halogens is 2. The van der Waals surface area contributed by atoms with Gasteiger partial charge >= 0.3 is 6.09 Å². The molecule has 4 nitrogen and oxygen atoms in total. The monoisotopic (exact) mass is 413 g/mol. The van der Waals surface area contributed by atoms with Gasteiger partial charge in [-0.25, -0.2) is 4.79 Å². The van der Waals surface area contributed by atoms with Crippen LogP contribution in [0.1, 0.15) is 30.4 Å². The van der Waals surface area contributed by atoms with Crippen LogP contribution >= 0.6 is 35.0 Å². The van der Waals surface area contributed by atoms with Gasteiger partial charge in [0.1, 0.15) is 6.61 Å². The molecular formula is C19H21Cl2NO3S. The molecule has 0 aromatic heterocycles. The number of carbonyl (C=O) groups is 1. The molecule has 2 atom stereocenters. The lowest BCUT2D eigenvalue weighted by molar-refractivity contribution is -0.0175. The van der Waals surface area contributed by atoms with Crippen molar-refractivity contribution in [3.63, 3.8) is 0 Å². The number of aliphatic hydroxyl groups is 1. The van der Waals surface area contributed by atoms with Crippen molar-refractivity contribution in [1.29, 1.82) is 0 Å². The molecule has 7 heteroatoms. The standard InChI is InChI=1S/C19H21Cl2NO3S/c1-3-19(24,13-5-4-6-14(10-13)26-2)15(11-25-18(22)23)12-7-8-16(20)17(21)9-12/h4-10,15,24H,3,11H2,1-2H3,(H2,22,23). The highest BCUT2D eigenvalue weighted by molar-refractivity contribution is 7.98. The zero-order chi connectivity index (χ0) is 19.3. The molecule has 0 bridgehead atoms. The van der Waals surface area contributed by atoms with Crippen LogP contribution in [0.3, 0.4) is 0 Å². The molecule has 0 fully saturated rings. The van der Waals surface area contributed by atoms with Gasteiger partial charge in [-0.05, 0) is 48.1 Å². The second-order valence-corrected chi connectivity index (χ2v) is 7.56. The maximum absolute atomic E-state index is 11.6. The van der Waals surface area contributed by atoms with E-state index >= 15 is 0 Å². The normalized spacial score (nSPS) is 14.5. The second-order valence-electron chi connectivity index (χ2n) is 5.87. The number of amides is 1. The predicted octanol–water partition coefficient (Wildman–Crippen LogP) is 5.19. The van der Waals surface area contributed by atoms with Crippen LogP contribution in [0.25, 0.3) is 0 Å². The molecule has 2 aromatic carbocycles. The molecule has 0 aliphatic carbocycles. The molecular weight excluding hydrogens is 393 g/mol. The molecule has 26 heavy (non-hydrogen) atoms. The van der Waals surface area contributed by atoms with Gasteiger partial charge in [-0.1, -0.05) is 48.3 Å². The Morgan fingerprint density at radius 1 is 1.27 bits per heavy atom. The summed E-state index contributed by atoms with van der Waals surface area (Å²) in [6, 6.07) is 12.8. The Morgan fingerprint density at radius 2 is 2.00 bits per heavy atom. The van der Waals surface area contributed by atoms with E-state index in [0.717, 1.165) is 10.5 Å². The van der Waals surface area contributed by atoms with Crippen LogP contribution < -0.4 is 5.73 Å². The molecule has 0 spiro atoms. The number of carbonyl (C=O) groups excluding carboxylic acids is 1. The van der Waals surface area contributed by atoms with E-state index < -0.39 is 17.6 Å². The number of nitrogens with two attached hydrogens (primary N) is 1. The van der Waals surface area contributed by atoms with Gasteiger partial charge in [-0.15, -0.1) is 11.8 Å². The number of benzene rings is 2. The Hall–Kier alpha value is -1.40. The molecule has 1 amide bonds. The summed E-state index contributed by atoms with van der Waals surface area (Å²) in [6.07, 6.45) is 1.47. The van der Waals surface area contributed by atoms with Gasteiger partial charge in [0.15, 0.2) is 0 Å². The van der Waals surface area contributed by atoms with Gasteiger partial charge in [-0.2, -0.15) is 0 Å². The van der Waals surface area contributed by atoms with E-state index in [4.69, 9.17) is 33.7 Å². The number of ether oxygens (including phenoxy) is 1. The van der Waals surface area contributed by atoms with Crippen LogP contribution in [0.5, 0.6) is 0 Å². The van der Waals surface area contributed by atoms with Crippen molar-refractivity contribution < 1.29 is 14.6 Å². The summed E-state index contributed by atoms with van der Waals surface area (Å²) in [5.41, 5.74) is 5.31. The third kappa shape index (κ3) is 4.65. The Labute approximate surface area is 167 Å². The van der Waals surface area contributed by atoms with Crippen LogP contribution in [0.2, 0.25) is 10.0 Å². The fourth-order valence-corrected chi connectivity index (χ4v) is 3.71. The van der Waals surface area contributed by atoms with Crippen molar-refractivity contribution in [2.45, 2.75) is 29.8 Å². The molecule has 2 rings (SSSR count). The first-order valence-corrected chi connectivity index (χ1v) is 10.0. The highest BCUT2D eigenvalue weighted by Gasteiger charge is 2.39. The SMILES string of the molecule is CCC(O)(c1cccc(SC)c1)C(COC(N)=O)c1ccc(Cl)c(Cl)c1. The van der Waals surface area contributed by atoms with E-state index in [1.165, 1.54) is 0 Å². The summed E-state index contributed by atoms with van der Waals surface area (Å²) in [6.45, 7) is 1.79. The molecule has 2 aromatic rings. The molecule has 140 valence electrons. The van der Waals surface area contributed by atoms with Gasteiger partial charge in [0.05, 0.1) is 21.6 Å². The fourth-order valence-electron chi connectivity index (χ4n) is 2.95. The quantitative estimate of drug-likeness (QED) is 0.612. The zero-order valence-corrected chi connectivity index (χ0v) is 16.9. The van der Waals surface area contributed by atoms with Gasteiger partial charge < -0.3 is 15.6 Å². The molecule has 0 saturated carbocycles. The van der Waals surface area contributed by atoms with Crippen molar-refractivity contribution in [2.75, 3.05) is 12.9 Å². The highest BCUT2D eigenvalue weighted by Crippen LogP contribution is 2.42. The number of primary amides is 1. The lowest BCUT2D eigenvalue weighted by Gasteiger charge is -2.36. The Balaban J connectivity index is 2.55. The Bertz CT molecular complexity index is 787. The number of rotatable bonds is 7. The smallest absolute Gasteiger partial charge is 0.404 e. The lowest BCUT2D eigenvalue weighted by atomic mass is 9.76. The molecule has 0 radical (unpaired) electrons. The molecule has 3 N–H and O–H groups in total. The maximum Gasteiger partial charge on any atom is 0.404 e. The summed E-state index contributed by atoms with van der Waals surface area (Å²) >= 11 is 13.8. The van der Waals surface area contributed by atoms with Gasteiger partial charge in [-0.3, -0.25) is 0 Å². The Morgan fingerprint density at radius 3 is 2.58 bits per heavy atom. The highest BCUT2D eigenvalue weighted by atomic mass is 35.5. The van der Waals surface area contributed by atoms with Crippen molar-refractivity contribution >= 4 is 41.1 Å². The fraction of sp³-hybridized carbons (Fsp3) is 0.316. The third-order valence-corrected chi connectivity index (χ3v) is 5.89. The average molecular weight is 414 g/mol. The molecule has 0 heterocycles. The number of hydrogen-bond donors (Lipinski definition) is 2. The summed E-state index contributed by atoms with van der Waals surface area (Å²) in [5.74, 6) is -0.563. The van der Waals surface area contributed by atoms with Crippen molar-refractivity contribution in [1.82, 2.24) is 0 Å². The molecule has 0 aliphatic heterocycles. The van der Waals surface area contributed by atoms with E-state index in [2.05, 4.69) is 0 Å². The van der Waals surface area contributed by atoms with E-state index in [0.29, 0.717) is 22.0 Å². The third-order valence-electron chi connectivity index (χ3n) is 4.42. The summed E-state index contributed by atoms with van der Waals surface area (Å²) < 4.78 is 5.05. The molecule has 0 aliphatic rings. The minimum absolute atomic E-state index is 0.0822. The molecule has 0 saturated heterocycles. The van der Waals surface area contributed by atoms with Gasteiger partial charge in [0.2, 0.25) is 0 Å². The van der Waals surface area contributed by atoms with E-state index in [-0.39, 0.29) is 6.61 Å². The van der Waals surface area contributed by atoms with Crippen molar-refractivity contribution in [2.24, 2.45) is 5.73 Å². The summed E-state index contributed by atoms with van der Waals surface area (Å²) in [7, 11) is 0. The first-order valence-electron chi connectivity index (χ1n) is 8.06. The number of hydrogen-bond acceptors (Lipinski definition) is 4. The Kier molecular flexibility index (Phi) is 7.24. The van der Waals surface area contributed by atoms with Crippen LogP contribution in [0, 0.1) is 0 Å². The summed E-state index contributed by atoms with van der Waals surface area (Å²) in [4.78, 5) is 12.2. The summed E-state index contributed by atoms with van der Waals surface area (Å²) in [5, 5.41) is 12.4. The first-order chi connectivity index (χ1) is 12.3. The van der Waals surface area contributed by atoms with Crippen LogP contribution in [0.15, 0.2) is 47.4 Å². The minimum atomic E-state index is -1.28. The van der Waals surface area contributed by atoms with Crippen molar-refractivity contribution in [3.05, 3.63) is 63.6 Å². The van der Waals surface area contributed by atoms with Gasteiger partial charge in [0, 0.05) is 4.90 Å². The minimum Gasteiger partial charge on any atom is -0.449 e. The average Bonchev–Trinajstić information content (AvgIpc) is 2.64. The van der Waals surface area contributed by atoms with Crippen LogP contribution in [-0.2, 0) is 10.3 Å². The van der Waals surface area contributed by atoms with E-state index in [1.54, 1.807) is 30.0 Å². The van der Waals surface area contributed by atoms with Crippen molar-refractivity contribution in [3.8, 4) is 0 Å². The number of thioether (sulfide) groups is 1. The predicted molar refractivity (Wildman–Crippen MR) is 107 cm³/mol.